The van der Waals surface area contributed by atoms with Gasteiger partial charge in [-0.25, -0.2) is 0 Å². The van der Waals surface area contributed by atoms with E-state index < -0.39 is 6.10 Å². The van der Waals surface area contributed by atoms with Crippen molar-refractivity contribution >= 4 is 17.9 Å². The lowest BCUT2D eigenvalue weighted by molar-refractivity contribution is -0.167. The highest BCUT2D eigenvalue weighted by Gasteiger charge is 2.19. The van der Waals surface area contributed by atoms with E-state index in [1.54, 1.807) is 0 Å². The topological polar surface area (TPSA) is 78.9 Å². The molecule has 0 unspecified atom stereocenters. The first-order valence-corrected chi connectivity index (χ1v) is 27.5. The van der Waals surface area contributed by atoms with E-state index in [0.29, 0.717) is 19.3 Å². The summed E-state index contributed by atoms with van der Waals surface area (Å²) in [5.74, 6) is -0.881. The molecule has 0 aromatic rings. The Morgan fingerprint density at radius 1 is 0.317 bits per heavy atom. The van der Waals surface area contributed by atoms with E-state index in [-0.39, 0.29) is 31.1 Å². The third kappa shape index (κ3) is 50.5. The van der Waals surface area contributed by atoms with Gasteiger partial charge in [-0.2, -0.15) is 0 Å². The largest absolute Gasteiger partial charge is 0.462 e. The second-order valence-electron chi connectivity index (χ2n) is 18.5. The summed E-state index contributed by atoms with van der Waals surface area (Å²) in [5, 5.41) is 0. The summed E-state index contributed by atoms with van der Waals surface area (Å²) in [7, 11) is 0. The minimum Gasteiger partial charge on any atom is -0.462 e. The van der Waals surface area contributed by atoms with Gasteiger partial charge in [-0.05, 0) is 77.0 Å². The maximum atomic E-state index is 12.8. The molecule has 6 heteroatoms. The molecule has 0 heterocycles. The molecule has 0 rings (SSSR count). The van der Waals surface area contributed by atoms with Gasteiger partial charge >= 0.3 is 17.9 Å². The van der Waals surface area contributed by atoms with E-state index >= 15 is 0 Å². The third-order valence-corrected chi connectivity index (χ3v) is 12.1. The van der Waals surface area contributed by atoms with Crippen LogP contribution >= 0.6 is 0 Å². The Balaban J connectivity index is 4.37. The van der Waals surface area contributed by atoms with Gasteiger partial charge in [0.2, 0.25) is 0 Å². The highest BCUT2D eigenvalue weighted by atomic mass is 16.6. The number of carbonyl (C=O) groups excluding carboxylic acids is 3. The second-order valence-corrected chi connectivity index (χ2v) is 18.5. The molecule has 0 fully saturated rings. The molecule has 6 nitrogen and oxygen atoms in total. The van der Waals surface area contributed by atoms with Crippen LogP contribution < -0.4 is 0 Å². The fourth-order valence-corrected chi connectivity index (χ4v) is 7.94. The zero-order valence-corrected chi connectivity index (χ0v) is 42.1. The summed E-state index contributed by atoms with van der Waals surface area (Å²) in [6.07, 6.45) is 61.2. The first kappa shape index (κ1) is 60.6. The smallest absolute Gasteiger partial charge is 0.306 e. The average Bonchev–Trinajstić information content (AvgIpc) is 3.28. The second kappa shape index (κ2) is 52.3. The predicted octanol–water partition coefficient (Wildman–Crippen LogP) is 18.1. The maximum absolute atomic E-state index is 12.8. The third-order valence-electron chi connectivity index (χ3n) is 12.1. The van der Waals surface area contributed by atoms with E-state index in [2.05, 4.69) is 57.2 Å². The number of allylic oxidation sites excluding steroid dienone is 6. The van der Waals surface area contributed by atoms with Crippen molar-refractivity contribution in [2.24, 2.45) is 0 Å². The lowest BCUT2D eigenvalue weighted by Gasteiger charge is -2.18. The first-order valence-electron chi connectivity index (χ1n) is 27.5. The molecule has 0 aromatic heterocycles. The lowest BCUT2D eigenvalue weighted by atomic mass is 10.0. The van der Waals surface area contributed by atoms with E-state index in [9.17, 15) is 14.4 Å². The molecular weight excluding hydrogens is 781 g/mol. The van der Waals surface area contributed by atoms with Crippen LogP contribution in [-0.2, 0) is 28.6 Å². The minimum absolute atomic E-state index is 0.0760. The van der Waals surface area contributed by atoms with Gasteiger partial charge in [0, 0.05) is 19.3 Å². The number of carbonyl (C=O) groups is 3. The van der Waals surface area contributed by atoms with Crippen LogP contribution in [0.15, 0.2) is 36.5 Å². The van der Waals surface area contributed by atoms with E-state index in [1.807, 2.05) is 0 Å². The standard InChI is InChI=1S/C57H104O6/c1-4-7-10-13-16-19-22-25-27-28-30-32-35-38-41-44-47-50-56(59)62-53-54(52-61-55(58)49-46-43-40-37-34-31-24-21-18-15-12-9-6-3)63-57(60)51-48-45-42-39-36-33-29-26-23-20-17-14-11-8-5-2/h17,20,25-27,29,54H,4-16,18-19,21-24,28,30-53H2,1-3H3/b20-17+,27-25+,29-26+/t54-/m1/s1. The lowest BCUT2D eigenvalue weighted by Crippen LogP contribution is -2.30. The van der Waals surface area contributed by atoms with Crippen molar-refractivity contribution in [1.29, 1.82) is 0 Å². The molecule has 0 radical (unpaired) electrons. The maximum Gasteiger partial charge on any atom is 0.306 e. The van der Waals surface area contributed by atoms with Crippen LogP contribution in [0.1, 0.15) is 290 Å². The monoisotopic (exact) mass is 885 g/mol. The van der Waals surface area contributed by atoms with Crippen molar-refractivity contribution in [3.63, 3.8) is 0 Å². The normalized spacial score (nSPS) is 12.2. The first-order chi connectivity index (χ1) is 31.0. The number of hydrogen-bond donors (Lipinski definition) is 0. The number of rotatable bonds is 50. The number of ether oxygens (including phenoxy) is 3. The summed E-state index contributed by atoms with van der Waals surface area (Å²) in [6.45, 7) is 6.62. The molecule has 0 aromatic carbocycles. The molecule has 0 N–H and O–H groups in total. The summed E-state index contributed by atoms with van der Waals surface area (Å²) in [5.41, 5.74) is 0. The summed E-state index contributed by atoms with van der Waals surface area (Å²) in [6, 6.07) is 0. The van der Waals surface area contributed by atoms with Gasteiger partial charge in [0.15, 0.2) is 6.10 Å². The summed E-state index contributed by atoms with van der Waals surface area (Å²) >= 11 is 0. The molecule has 0 saturated heterocycles. The Labute approximate surface area is 391 Å². The quantitative estimate of drug-likeness (QED) is 0.0262. The average molecular weight is 885 g/mol. The van der Waals surface area contributed by atoms with Crippen molar-refractivity contribution in [1.82, 2.24) is 0 Å². The van der Waals surface area contributed by atoms with Gasteiger partial charge in [-0.3, -0.25) is 14.4 Å². The van der Waals surface area contributed by atoms with Gasteiger partial charge in [0.05, 0.1) is 0 Å². The molecular formula is C57H104O6. The Kier molecular flexibility index (Phi) is 50.3. The number of esters is 3. The van der Waals surface area contributed by atoms with Crippen LogP contribution in [0.2, 0.25) is 0 Å². The fraction of sp³-hybridized carbons (Fsp3) is 0.842. The van der Waals surface area contributed by atoms with Crippen molar-refractivity contribution < 1.29 is 28.6 Å². The van der Waals surface area contributed by atoms with Gasteiger partial charge in [-0.1, -0.05) is 231 Å². The van der Waals surface area contributed by atoms with E-state index in [0.717, 1.165) is 83.5 Å². The molecule has 368 valence electrons. The van der Waals surface area contributed by atoms with Crippen molar-refractivity contribution in [3.05, 3.63) is 36.5 Å². The van der Waals surface area contributed by atoms with Gasteiger partial charge in [-0.15, -0.1) is 0 Å². The van der Waals surface area contributed by atoms with Crippen molar-refractivity contribution in [3.8, 4) is 0 Å². The van der Waals surface area contributed by atoms with Gasteiger partial charge < -0.3 is 14.2 Å². The number of hydrogen-bond acceptors (Lipinski definition) is 6. The van der Waals surface area contributed by atoms with Crippen LogP contribution in [0, 0.1) is 0 Å². The molecule has 0 saturated carbocycles. The Hall–Kier alpha value is -2.37. The molecule has 0 aliphatic rings. The minimum atomic E-state index is -0.777. The van der Waals surface area contributed by atoms with Crippen molar-refractivity contribution in [2.75, 3.05) is 13.2 Å². The zero-order chi connectivity index (χ0) is 45.8. The zero-order valence-electron chi connectivity index (χ0n) is 42.1. The Bertz CT molecular complexity index is 1060. The molecule has 63 heavy (non-hydrogen) atoms. The van der Waals surface area contributed by atoms with E-state index in [4.69, 9.17) is 14.2 Å². The molecule has 0 amide bonds. The van der Waals surface area contributed by atoms with Gasteiger partial charge in [0.1, 0.15) is 13.2 Å². The number of unbranched alkanes of at least 4 members (excludes halogenated alkanes) is 33. The van der Waals surface area contributed by atoms with Crippen LogP contribution in [0.5, 0.6) is 0 Å². The fourth-order valence-electron chi connectivity index (χ4n) is 7.94. The SMILES string of the molecule is CCCCC/C=C/C/C=C/CCCCCCCC(=O)O[C@@H](COC(=O)CCCCCCCCC/C=C/CCCCCCCC)COC(=O)CCCCCCCCCCCCCCC. The van der Waals surface area contributed by atoms with Gasteiger partial charge in [0.25, 0.3) is 0 Å². The molecule has 0 aliphatic carbocycles. The Morgan fingerprint density at radius 3 is 0.921 bits per heavy atom. The van der Waals surface area contributed by atoms with Crippen LogP contribution in [0.4, 0.5) is 0 Å². The molecule has 0 aliphatic heterocycles. The Morgan fingerprint density at radius 2 is 0.571 bits per heavy atom. The highest BCUT2D eigenvalue weighted by Crippen LogP contribution is 2.16. The van der Waals surface area contributed by atoms with Crippen LogP contribution in [0.3, 0.4) is 0 Å². The molecule has 0 spiro atoms. The van der Waals surface area contributed by atoms with Crippen LogP contribution in [-0.4, -0.2) is 37.2 Å². The van der Waals surface area contributed by atoms with Crippen LogP contribution in [0.25, 0.3) is 0 Å². The van der Waals surface area contributed by atoms with E-state index in [1.165, 1.54) is 167 Å². The van der Waals surface area contributed by atoms with Crippen molar-refractivity contribution in [2.45, 2.75) is 297 Å². The highest BCUT2D eigenvalue weighted by molar-refractivity contribution is 5.71. The predicted molar refractivity (Wildman–Crippen MR) is 270 cm³/mol. The summed E-state index contributed by atoms with van der Waals surface area (Å²) in [4.78, 5) is 38.0. The molecule has 1 atom stereocenters. The molecule has 0 bridgehead atoms. The summed E-state index contributed by atoms with van der Waals surface area (Å²) < 4.78 is 16.8.